The summed E-state index contributed by atoms with van der Waals surface area (Å²) in [7, 11) is 1.57. The predicted molar refractivity (Wildman–Crippen MR) is 61.4 cm³/mol. The lowest BCUT2D eigenvalue weighted by Crippen LogP contribution is -2.26. The van der Waals surface area contributed by atoms with E-state index in [-0.39, 0.29) is 18.3 Å². The molecular weight excluding hydrogens is 263 g/mol. The number of halogens is 2. The summed E-state index contributed by atoms with van der Waals surface area (Å²) in [6.45, 7) is 1.96. The van der Waals surface area contributed by atoms with Crippen molar-refractivity contribution in [2.24, 2.45) is 0 Å². The standard InChI is InChI=1S/C10H12BrFN2O/c1-6-3-8(12)7(11)4-9(6)14-5-10(15)13-2/h3-4,14H,5H2,1-2H3,(H,13,15). The van der Waals surface area contributed by atoms with E-state index >= 15 is 0 Å². The van der Waals surface area contributed by atoms with E-state index in [1.807, 2.05) is 0 Å². The highest BCUT2D eigenvalue weighted by Crippen LogP contribution is 2.23. The largest absolute Gasteiger partial charge is 0.376 e. The van der Waals surface area contributed by atoms with Crippen molar-refractivity contribution in [2.75, 3.05) is 18.9 Å². The fraction of sp³-hybridized carbons (Fsp3) is 0.300. The molecule has 15 heavy (non-hydrogen) atoms. The number of rotatable bonds is 3. The molecule has 0 fully saturated rings. The summed E-state index contributed by atoms with van der Waals surface area (Å²) in [5.41, 5.74) is 1.51. The maximum atomic E-state index is 13.1. The maximum Gasteiger partial charge on any atom is 0.239 e. The zero-order valence-corrected chi connectivity index (χ0v) is 10.1. The van der Waals surface area contributed by atoms with Gasteiger partial charge in [0.2, 0.25) is 5.91 Å². The predicted octanol–water partition coefficient (Wildman–Crippen LogP) is 2.05. The van der Waals surface area contributed by atoms with Crippen LogP contribution in [0.25, 0.3) is 0 Å². The summed E-state index contributed by atoms with van der Waals surface area (Å²) in [4.78, 5) is 11.0. The van der Waals surface area contributed by atoms with Crippen LogP contribution in [0.2, 0.25) is 0 Å². The number of carbonyl (C=O) groups is 1. The molecule has 3 nitrogen and oxygen atoms in total. The van der Waals surface area contributed by atoms with E-state index in [4.69, 9.17) is 0 Å². The summed E-state index contributed by atoms with van der Waals surface area (Å²) in [5, 5.41) is 5.42. The van der Waals surface area contributed by atoms with Crippen LogP contribution in [0, 0.1) is 12.7 Å². The van der Waals surface area contributed by atoms with Crippen LogP contribution >= 0.6 is 15.9 Å². The summed E-state index contributed by atoms with van der Waals surface area (Å²) < 4.78 is 13.5. The van der Waals surface area contributed by atoms with E-state index in [9.17, 15) is 9.18 Å². The van der Waals surface area contributed by atoms with Crippen LogP contribution in [-0.4, -0.2) is 19.5 Å². The number of carbonyl (C=O) groups excluding carboxylic acids is 1. The second-order valence-corrected chi connectivity index (χ2v) is 3.96. The molecule has 0 spiro atoms. The zero-order chi connectivity index (χ0) is 11.4. The van der Waals surface area contributed by atoms with Gasteiger partial charge in [0.05, 0.1) is 11.0 Å². The maximum absolute atomic E-state index is 13.1. The lowest BCUT2D eigenvalue weighted by atomic mass is 10.2. The molecule has 0 aliphatic carbocycles. The SMILES string of the molecule is CNC(=O)CNc1cc(Br)c(F)cc1C. The van der Waals surface area contributed by atoms with Gasteiger partial charge in [-0.05, 0) is 40.5 Å². The topological polar surface area (TPSA) is 41.1 Å². The molecule has 0 heterocycles. The average Bonchev–Trinajstić information content (AvgIpc) is 2.21. The van der Waals surface area contributed by atoms with E-state index in [0.29, 0.717) is 4.47 Å². The van der Waals surface area contributed by atoms with Gasteiger partial charge < -0.3 is 10.6 Å². The highest BCUT2D eigenvalue weighted by molar-refractivity contribution is 9.10. The van der Waals surface area contributed by atoms with Crippen molar-refractivity contribution in [3.05, 3.63) is 28.0 Å². The van der Waals surface area contributed by atoms with Gasteiger partial charge in [0.1, 0.15) is 5.82 Å². The Labute approximate surface area is 96.2 Å². The molecule has 0 aromatic heterocycles. The van der Waals surface area contributed by atoms with Crippen LogP contribution in [0.5, 0.6) is 0 Å². The molecular formula is C10H12BrFN2O. The molecule has 1 aromatic carbocycles. The average molecular weight is 275 g/mol. The number of aryl methyl sites for hydroxylation is 1. The van der Waals surface area contributed by atoms with Gasteiger partial charge in [-0.1, -0.05) is 0 Å². The Hall–Kier alpha value is -1.10. The number of amides is 1. The summed E-state index contributed by atoms with van der Waals surface area (Å²) in [6.07, 6.45) is 0. The van der Waals surface area contributed by atoms with Gasteiger partial charge in [0, 0.05) is 12.7 Å². The minimum atomic E-state index is -0.307. The van der Waals surface area contributed by atoms with Crippen molar-refractivity contribution in [1.29, 1.82) is 0 Å². The molecule has 0 saturated carbocycles. The Bertz CT molecular complexity index is 382. The Balaban J connectivity index is 2.77. The smallest absolute Gasteiger partial charge is 0.239 e. The number of likely N-dealkylation sites (N-methyl/N-ethyl adjacent to an activating group) is 1. The lowest BCUT2D eigenvalue weighted by Gasteiger charge is -2.09. The molecule has 2 N–H and O–H groups in total. The van der Waals surface area contributed by atoms with Gasteiger partial charge in [-0.25, -0.2) is 4.39 Å². The van der Waals surface area contributed by atoms with Crippen molar-refractivity contribution in [3.63, 3.8) is 0 Å². The highest BCUT2D eigenvalue weighted by Gasteiger charge is 2.05. The van der Waals surface area contributed by atoms with Crippen LogP contribution in [0.1, 0.15) is 5.56 Å². The van der Waals surface area contributed by atoms with Crippen molar-refractivity contribution < 1.29 is 9.18 Å². The molecule has 0 bridgehead atoms. The van der Waals surface area contributed by atoms with E-state index in [2.05, 4.69) is 26.6 Å². The highest BCUT2D eigenvalue weighted by atomic mass is 79.9. The molecule has 0 aliphatic rings. The number of hydrogen-bond acceptors (Lipinski definition) is 2. The summed E-state index contributed by atoms with van der Waals surface area (Å²) in [5.74, 6) is -0.423. The van der Waals surface area contributed by atoms with E-state index in [1.54, 1.807) is 20.0 Å². The third-order valence-electron chi connectivity index (χ3n) is 1.99. The normalized spacial score (nSPS) is 9.87. The number of anilines is 1. The monoisotopic (exact) mass is 274 g/mol. The van der Waals surface area contributed by atoms with Crippen LogP contribution < -0.4 is 10.6 Å². The first kappa shape index (κ1) is 12.0. The lowest BCUT2D eigenvalue weighted by molar-refractivity contribution is -0.118. The zero-order valence-electron chi connectivity index (χ0n) is 8.53. The van der Waals surface area contributed by atoms with E-state index in [1.165, 1.54) is 6.07 Å². The molecule has 5 heteroatoms. The van der Waals surface area contributed by atoms with Crippen LogP contribution in [-0.2, 0) is 4.79 Å². The summed E-state index contributed by atoms with van der Waals surface area (Å²) >= 11 is 3.09. The Kier molecular flexibility index (Phi) is 4.08. The first-order valence-corrected chi connectivity index (χ1v) is 5.24. The van der Waals surface area contributed by atoms with Gasteiger partial charge in [0.15, 0.2) is 0 Å². The molecule has 0 aliphatic heterocycles. The third-order valence-corrected chi connectivity index (χ3v) is 2.59. The molecule has 1 rings (SSSR count). The van der Waals surface area contributed by atoms with Gasteiger partial charge in [0.25, 0.3) is 0 Å². The van der Waals surface area contributed by atoms with Crippen molar-refractivity contribution in [1.82, 2.24) is 5.32 Å². The number of benzene rings is 1. The van der Waals surface area contributed by atoms with Gasteiger partial charge >= 0.3 is 0 Å². The molecule has 0 atom stereocenters. The Morgan fingerprint density at radius 3 is 2.80 bits per heavy atom. The minimum Gasteiger partial charge on any atom is -0.376 e. The molecule has 1 aromatic rings. The molecule has 0 saturated heterocycles. The molecule has 0 radical (unpaired) electrons. The van der Waals surface area contributed by atoms with Crippen LogP contribution in [0.3, 0.4) is 0 Å². The van der Waals surface area contributed by atoms with Gasteiger partial charge in [-0.15, -0.1) is 0 Å². The number of nitrogens with one attached hydrogen (secondary N) is 2. The fourth-order valence-electron chi connectivity index (χ4n) is 1.10. The first-order valence-electron chi connectivity index (χ1n) is 4.44. The van der Waals surface area contributed by atoms with E-state index < -0.39 is 0 Å². The van der Waals surface area contributed by atoms with Gasteiger partial charge in [-0.3, -0.25) is 4.79 Å². The molecule has 82 valence electrons. The Morgan fingerprint density at radius 2 is 2.20 bits per heavy atom. The first-order chi connectivity index (χ1) is 7.04. The van der Waals surface area contributed by atoms with Crippen molar-refractivity contribution >= 4 is 27.5 Å². The number of hydrogen-bond donors (Lipinski definition) is 2. The quantitative estimate of drug-likeness (QED) is 0.886. The van der Waals surface area contributed by atoms with Crippen molar-refractivity contribution in [3.8, 4) is 0 Å². The second kappa shape index (κ2) is 5.11. The van der Waals surface area contributed by atoms with Crippen LogP contribution in [0.4, 0.5) is 10.1 Å². The van der Waals surface area contributed by atoms with Gasteiger partial charge in [-0.2, -0.15) is 0 Å². The third kappa shape index (κ3) is 3.20. The Morgan fingerprint density at radius 1 is 1.53 bits per heavy atom. The molecule has 1 amide bonds. The van der Waals surface area contributed by atoms with Crippen molar-refractivity contribution in [2.45, 2.75) is 6.92 Å². The van der Waals surface area contributed by atoms with E-state index in [0.717, 1.165) is 11.3 Å². The minimum absolute atomic E-state index is 0.116. The second-order valence-electron chi connectivity index (χ2n) is 3.11. The molecule has 0 unspecified atom stereocenters. The fourth-order valence-corrected chi connectivity index (χ4v) is 1.44. The van der Waals surface area contributed by atoms with Crippen LogP contribution in [0.15, 0.2) is 16.6 Å². The summed E-state index contributed by atoms with van der Waals surface area (Å²) in [6, 6.07) is 3.03.